The van der Waals surface area contributed by atoms with Crippen molar-refractivity contribution in [2.24, 2.45) is 5.73 Å². The van der Waals surface area contributed by atoms with Gasteiger partial charge in [0.05, 0.1) is 18.8 Å². The molecule has 2 N–H and O–H groups in total. The lowest BCUT2D eigenvalue weighted by molar-refractivity contribution is -0.0108. The molecule has 0 aliphatic carbocycles. The zero-order valence-electron chi connectivity index (χ0n) is 11.0. The summed E-state index contributed by atoms with van der Waals surface area (Å²) in [6.45, 7) is 6.77. The monoisotopic (exact) mass is 251 g/mol. The van der Waals surface area contributed by atoms with E-state index in [-0.39, 0.29) is 12.2 Å². The fraction of sp³-hybridized carbons (Fsp3) is 0.615. The zero-order chi connectivity index (χ0) is 13.0. The second-order valence-electron chi connectivity index (χ2n) is 4.47. The molecule has 1 fully saturated rings. The minimum absolute atomic E-state index is 0.0604. The molecular weight excluding hydrogens is 230 g/mol. The standard InChI is InChI=1S/C13H21N3O2/c1-3-17-12-5-4-6-15-13(12)16-8-10(2)18-11(7-14)9-16/h4-6,10-11H,3,7-9,14H2,1-2H3. The average Bonchev–Trinajstić information content (AvgIpc) is 2.39. The summed E-state index contributed by atoms with van der Waals surface area (Å²) >= 11 is 0. The second kappa shape index (κ2) is 6.02. The van der Waals surface area contributed by atoms with Crippen LogP contribution in [0.2, 0.25) is 0 Å². The van der Waals surface area contributed by atoms with E-state index in [1.54, 1.807) is 6.20 Å². The van der Waals surface area contributed by atoms with Crippen LogP contribution in [-0.2, 0) is 4.74 Å². The Labute approximate surface area is 108 Å². The van der Waals surface area contributed by atoms with Crippen LogP contribution in [0.25, 0.3) is 0 Å². The van der Waals surface area contributed by atoms with E-state index in [1.807, 2.05) is 19.1 Å². The van der Waals surface area contributed by atoms with Gasteiger partial charge in [0.2, 0.25) is 0 Å². The number of morpholine rings is 1. The molecule has 0 aromatic carbocycles. The number of hydrogen-bond donors (Lipinski definition) is 1. The van der Waals surface area contributed by atoms with E-state index in [2.05, 4.69) is 16.8 Å². The molecule has 1 saturated heterocycles. The van der Waals surface area contributed by atoms with Gasteiger partial charge in [-0.15, -0.1) is 0 Å². The highest BCUT2D eigenvalue weighted by Gasteiger charge is 2.26. The van der Waals surface area contributed by atoms with Gasteiger partial charge >= 0.3 is 0 Å². The molecule has 1 aliphatic heterocycles. The third-order valence-corrected chi connectivity index (χ3v) is 2.94. The summed E-state index contributed by atoms with van der Waals surface area (Å²) in [7, 11) is 0. The summed E-state index contributed by atoms with van der Waals surface area (Å²) in [6, 6.07) is 3.84. The molecule has 2 atom stereocenters. The first kappa shape index (κ1) is 13.1. The molecule has 5 nitrogen and oxygen atoms in total. The molecule has 0 bridgehead atoms. The van der Waals surface area contributed by atoms with Crippen molar-refractivity contribution >= 4 is 5.82 Å². The molecule has 5 heteroatoms. The number of nitrogens with two attached hydrogens (primary N) is 1. The molecule has 2 rings (SSSR count). The number of nitrogens with zero attached hydrogens (tertiary/aromatic N) is 2. The van der Waals surface area contributed by atoms with Crippen LogP contribution >= 0.6 is 0 Å². The highest BCUT2D eigenvalue weighted by Crippen LogP contribution is 2.27. The molecule has 0 spiro atoms. The van der Waals surface area contributed by atoms with Gasteiger partial charge in [-0.2, -0.15) is 0 Å². The van der Waals surface area contributed by atoms with Crippen LogP contribution in [-0.4, -0.2) is 43.4 Å². The molecule has 1 aliphatic rings. The summed E-state index contributed by atoms with van der Waals surface area (Å²) in [5.41, 5.74) is 5.70. The van der Waals surface area contributed by atoms with Crippen molar-refractivity contribution in [2.45, 2.75) is 26.1 Å². The Morgan fingerprint density at radius 2 is 2.39 bits per heavy atom. The molecule has 0 amide bonds. The van der Waals surface area contributed by atoms with Crippen LogP contribution in [0, 0.1) is 0 Å². The summed E-state index contributed by atoms with van der Waals surface area (Å²) in [4.78, 5) is 6.62. The lowest BCUT2D eigenvalue weighted by atomic mass is 10.2. The molecule has 2 heterocycles. The van der Waals surface area contributed by atoms with E-state index >= 15 is 0 Å². The van der Waals surface area contributed by atoms with Gasteiger partial charge in [-0.05, 0) is 26.0 Å². The van der Waals surface area contributed by atoms with E-state index in [1.165, 1.54) is 0 Å². The lowest BCUT2D eigenvalue weighted by Crippen LogP contribution is -2.49. The summed E-state index contributed by atoms with van der Waals surface area (Å²) in [6.07, 6.45) is 2.00. The molecule has 18 heavy (non-hydrogen) atoms. The van der Waals surface area contributed by atoms with Crippen LogP contribution in [0.15, 0.2) is 18.3 Å². The van der Waals surface area contributed by atoms with Crippen LogP contribution in [0.4, 0.5) is 5.82 Å². The second-order valence-corrected chi connectivity index (χ2v) is 4.47. The largest absolute Gasteiger partial charge is 0.490 e. The van der Waals surface area contributed by atoms with E-state index < -0.39 is 0 Å². The van der Waals surface area contributed by atoms with Crippen molar-refractivity contribution in [3.05, 3.63) is 18.3 Å². The van der Waals surface area contributed by atoms with Crippen molar-refractivity contribution in [2.75, 3.05) is 31.1 Å². The Bertz CT molecular complexity index is 386. The topological polar surface area (TPSA) is 60.6 Å². The van der Waals surface area contributed by atoms with E-state index in [0.29, 0.717) is 13.2 Å². The van der Waals surface area contributed by atoms with Crippen LogP contribution < -0.4 is 15.4 Å². The van der Waals surface area contributed by atoms with Crippen molar-refractivity contribution < 1.29 is 9.47 Å². The summed E-state index contributed by atoms with van der Waals surface area (Å²) < 4.78 is 11.4. The fourth-order valence-corrected chi connectivity index (χ4v) is 2.24. The van der Waals surface area contributed by atoms with E-state index in [9.17, 15) is 0 Å². The first-order valence-electron chi connectivity index (χ1n) is 6.42. The summed E-state index contributed by atoms with van der Waals surface area (Å²) in [5, 5.41) is 0. The fourth-order valence-electron chi connectivity index (χ4n) is 2.24. The van der Waals surface area contributed by atoms with Gasteiger partial charge in [-0.1, -0.05) is 0 Å². The van der Waals surface area contributed by atoms with Gasteiger partial charge in [0.15, 0.2) is 11.6 Å². The Morgan fingerprint density at radius 1 is 1.56 bits per heavy atom. The smallest absolute Gasteiger partial charge is 0.171 e. The Hall–Kier alpha value is -1.33. The van der Waals surface area contributed by atoms with E-state index in [0.717, 1.165) is 24.7 Å². The van der Waals surface area contributed by atoms with Gasteiger partial charge in [0.1, 0.15) is 0 Å². The number of pyridine rings is 1. The van der Waals surface area contributed by atoms with Gasteiger partial charge in [0, 0.05) is 25.8 Å². The van der Waals surface area contributed by atoms with Crippen LogP contribution in [0.5, 0.6) is 5.75 Å². The quantitative estimate of drug-likeness (QED) is 0.866. The SMILES string of the molecule is CCOc1cccnc1N1CC(C)OC(CN)C1. The predicted octanol–water partition coefficient (Wildman–Crippen LogP) is 1.03. The highest BCUT2D eigenvalue weighted by molar-refractivity contribution is 5.52. The zero-order valence-corrected chi connectivity index (χ0v) is 11.0. The molecule has 0 radical (unpaired) electrons. The molecular formula is C13H21N3O2. The molecule has 1 aromatic rings. The highest BCUT2D eigenvalue weighted by atomic mass is 16.5. The average molecular weight is 251 g/mol. The maximum Gasteiger partial charge on any atom is 0.171 e. The first-order valence-corrected chi connectivity index (χ1v) is 6.42. The Kier molecular flexibility index (Phi) is 4.38. The minimum Gasteiger partial charge on any atom is -0.490 e. The number of hydrogen-bond acceptors (Lipinski definition) is 5. The summed E-state index contributed by atoms with van der Waals surface area (Å²) in [5.74, 6) is 1.71. The third-order valence-electron chi connectivity index (χ3n) is 2.94. The third kappa shape index (κ3) is 2.91. The molecule has 100 valence electrons. The Balaban J connectivity index is 2.19. The van der Waals surface area contributed by atoms with Crippen molar-refractivity contribution in [3.63, 3.8) is 0 Å². The lowest BCUT2D eigenvalue weighted by Gasteiger charge is -2.37. The van der Waals surface area contributed by atoms with Gasteiger partial charge in [0.25, 0.3) is 0 Å². The molecule has 1 aromatic heterocycles. The maximum absolute atomic E-state index is 5.75. The van der Waals surface area contributed by atoms with Gasteiger partial charge in [-0.3, -0.25) is 0 Å². The van der Waals surface area contributed by atoms with Gasteiger partial charge < -0.3 is 20.1 Å². The minimum atomic E-state index is 0.0604. The van der Waals surface area contributed by atoms with Crippen molar-refractivity contribution in [3.8, 4) is 5.75 Å². The van der Waals surface area contributed by atoms with Crippen LogP contribution in [0.1, 0.15) is 13.8 Å². The number of anilines is 1. The maximum atomic E-state index is 5.75. The molecule has 0 saturated carbocycles. The van der Waals surface area contributed by atoms with Crippen molar-refractivity contribution in [1.29, 1.82) is 0 Å². The normalized spacial score (nSPS) is 24.1. The van der Waals surface area contributed by atoms with E-state index in [4.69, 9.17) is 15.2 Å². The van der Waals surface area contributed by atoms with Crippen LogP contribution in [0.3, 0.4) is 0 Å². The number of ether oxygens (including phenoxy) is 2. The number of rotatable bonds is 4. The number of aromatic nitrogens is 1. The first-order chi connectivity index (χ1) is 8.74. The Morgan fingerprint density at radius 3 is 3.11 bits per heavy atom. The van der Waals surface area contributed by atoms with Crippen molar-refractivity contribution in [1.82, 2.24) is 4.98 Å². The molecule has 2 unspecified atom stereocenters. The van der Waals surface area contributed by atoms with Gasteiger partial charge in [-0.25, -0.2) is 4.98 Å². The predicted molar refractivity (Wildman–Crippen MR) is 71.0 cm³/mol.